The van der Waals surface area contributed by atoms with Crippen LogP contribution in [0.25, 0.3) is 0 Å². The van der Waals surface area contributed by atoms with Crippen molar-refractivity contribution < 1.29 is 0 Å². The highest BCUT2D eigenvalue weighted by atomic mass is 32.2. The van der Waals surface area contributed by atoms with Crippen molar-refractivity contribution in [2.45, 2.75) is 0 Å². The lowest BCUT2D eigenvalue weighted by molar-refractivity contribution is 0.819. The van der Waals surface area contributed by atoms with E-state index >= 15 is 0 Å². The van der Waals surface area contributed by atoms with E-state index in [0.717, 1.165) is 12.5 Å². The zero-order valence-electron chi connectivity index (χ0n) is 2.82. The van der Waals surface area contributed by atoms with Crippen LogP contribution in [0.15, 0.2) is 0 Å². The minimum atomic E-state index is 0.963. The van der Waals surface area contributed by atoms with Crippen LogP contribution in [-0.2, 0) is 0 Å². The molecule has 30 valence electrons. The summed E-state index contributed by atoms with van der Waals surface area (Å²) in [5.41, 5.74) is 0. The molecule has 2 N–H and O–H groups in total. The van der Waals surface area contributed by atoms with E-state index < -0.39 is 0 Å². The van der Waals surface area contributed by atoms with Crippen molar-refractivity contribution in [2.24, 2.45) is 0 Å². The van der Waals surface area contributed by atoms with Crippen LogP contribution in [0, 0.1) is 0 Å². The second-order valence-corrected chi connectivity index (χ2v) is 1.73. The van der Waals surface area contributed by atoms with Crippen molar-refractivity contribution in [1.82, 2.24) is 10.0 Å². The summed E-state index contributed by atoms with van der Waals surface area (Å²) in [5, 5.41) is 3.07. The van der Waals surface area contributed by atoms with Crippen LogP contribution >= 0.6 is 11.9 Å². The van der Waals surface area contributed by atoms with Crippen LogP contribution in [0.5, 0.6) is 0 Å². The Bertz CT molecular complexity index is 19.2. The molecule has 1 aliphatic heterocycles. The Labute approximate surface area is 35.5 Å². The molecule has 0 atom stereocenters. The molecule has 0 bridgehead atoms. The van der Waals surface area contributed by atoms with E-state index in [1.807, 2.05) is 0 Å². The summed E-state index contributed by atoms with van der Waals surface area (Å²) < 4.78 is 3.03. The lowest BCUT2D eigenvalue weighted by Gasteiger charge is -1.75. The van der Waals surface area contributed by atoms with E-state index in [4.69, 9.17) is 0 Å². The molecular formula is C2H6N2S. The molecule has 1 aliphatic rings. The van der Waals surface area contributed by atoms with Crippen molar-refractivity contribution >= 4 is 11.9 Å². The maximum atomic E-state index is 3.07. The quantitative estimate of drug-likeness (QED) is 0.401. The van der Waals surface area contributed by atoms with Gasteiger partial charge < -0.3 is 0 Å². The molecule has 1 heterocycles. The van der Waals surface area contributed by atoms with Gasteiger partial charge in [0.2, 0.25) is 0 Å². The Morgan fingerprint density at radius 1 is 1.60 bits per heavy atom. The topological polar surface area (TPSA) is 24.1 Å². The van der Waals surface area contributed by atoms with Crippen molar-refractivity contribution in [3.05, 3.63) is 0 Å². The fourth-order valence-electron chi connectivity index (χ4n) is 0.255. The molecule has 0 radical (unpaired) electrons. The van der Waals surface area contributed by atoms with Gasteiger partial charge >= 0.3 is 0 Å². The largest absolute Gasteiger partial charge is 0.294 e. The van der Waals surface area contributed by atoms with E-state index in [0.29, 0.717) is 0 Å². The normalized spacial score (nSPS) is 24.0. The minimum absolute atomic E-state index is 0.963. The highest BCUT2D eigenvalue weighted by Gasteiger charge is 1.91. The van der Waals surface area contributed by atoms with Gasteiger partial charge in [-0.3, -0.25) is 5.32 Å². The summed E-state index contributed by atoms with van der Waals surface area (Å²) in [7, 11) is 0. The first-order valence-electron chi connectivity index (χ1n) is 1.55. The van der Waals surface area contributed by atoms with Crippen LogP contribution in [0.2, 0.25) is 0 Å². The molecule has 3 heteroatoms. The van der Waals surface area contributed by atoms with Gasteiger partial charge in [-0.25, -0.2) is 4.72 Å². The number of hydrogen-bond acceptors (Lipinski definition) is 3. The molecule has 1 saturated heterocycles. The average molecular weight is 90.2 g/mol. The third-order valence-corrected chi connectivity index (χ3v) is 1.17. The fraction of sp³-hybridized carbons (Fsp3) is 1.00. The molecule has 2 nitrogen and oxygen atoms in total. The van der Waals surface area contributed by atoms with Crippen molar-refractivity contribution in [1.29, 1.82) is 0 Å². The lowest BCUT2D eigenvalue weighted by atomic mass is 11.1. The number of rotatable bonds is 0. The summed E-state index contributed by atoms with van der Waals surface area (Å²) in [6.45, 7) is 0.963. The first-order chi connectivity index (χ1) is 2.50. The zero-order valence-corrected chi connectivity index (χ0v) is 3.64. The summed E-state index contributed by atoms with van der Waals surface area (Å²) in [4.78, 5) is 0. The van der Waals surface area contributed by atoms with Crippen molar-refractivity contribution in [3.63, 3.8) is 0 Å². The molecule has 0 unspecified atom stereocenters. The minimum Gasteiger partial charge on any atom is -0.294 e. The maximum absolute atomic E-state index is 3.07. The predicted octanol–water partition coefficient (Wildman–Crippen LogP) is -0.258. The SMILES string of the molecule is C1NCSN1. The molecule has 1 fully saturated rings. The van der Waals surface area contributed by atoms with Crippen LogP contribution in [0.4, 0.5) is 0 Å². The third kappa shape index (κ3) is 0.792. The van der Waals surface area contributed by atoms with Gasteiger partial charge in [-0.1, -0.05) is 11.9 Å². The molecule has 5 heavy (non-hydrogen) atoms. The van der Waals surface area contributed by atoms with E-state index in [1.54, 1.807) is 11.9 Å². The highest BCUT2D eigenvalue weighted by molar-refractivity contribution is 7.97. The van der Waals surface area contributed by atoms with Gasteiger partial charge in [0, 0.05) is 0 Å². The molecule has 0 aromatic rings. The van der Waals surface area contributed by atoms with Gasteiger partial charge in [0.25, 0.3) is 0 Å². The van der Waals surface area contributed by atoms with E-state index in [9.17, 15) is 0 Å². The molecule has 0 aromatic heterocycles. The summed E-state index contributed by atoms with van der Waals surface area (Å²) in [6, 6.07) is 0. The highest BCUT2D eigenvalue weighted by Crippen LogP contribution is 1.90. The van der Waals surface area contributed by atoms with Gasteiger partial charge in [0.1, 0.15) is 0 Å². The predicted molar refractivity (Wildman–Crippen MR) is 23.6 cm³/mol. The lowest BCUT2D eigenvalue weighted by Crippen LogP contribution is -2.10. The summed E-state index contributed by atoms with van der Waals surface area (Å²) in [5.74, 6) is 1.06. The van der Waals surface area contributed by atoms with Gasteiger partial charge in [0.05, 0.1) is 12.5 Å². The van der Waals surface area contributed by atoms with Crippen LogP contribution in [-0.4, -0.2) is 12.5 Å². The Morgan fingerprint density at radius 3 is 2.80 bits per heavy atom. The van der Waals surface area contributed by atoms with Gasteiger partial charge in [-0.15, -0.1) is 0 Å². The summed E-state index contributed by atoms with van der Waals surface area (Å²) >= 11 is 1.71. The molecule has 0 aliphatic carbocycles. The smallest absolute Gasteiger partial charge is 0.0576 e. The van der Waals surface area contributed by atoms with Crippen molar-refractivity contribution in [2.75, 3.05) is 12.5 Å². The first kappa shape index (κ1) is 3.46. The second kappa shape index (κ2) is 1.64. The first-order valence-corrected chi connectivity index (χ1v) is 2.54. The van der Waals surface area contributed by atoms with Crippen LogP contribution in [0.1, 0.15) is 0 Å². The Balaban J connectivity index is 2.08. The Kier molecular flexibility index (Phi) is 1.14. The van der Waals surface area contributed by atoms with E-state index in [1.165, 1.54) is 0 Å². The zero-order chi connectivity index (χ0) is 3.54. The van der Waals surface area contributed by atoms with Crippen LogP contribution in [0.3, 0.4) is 0 Å². The molecule has 1 rings (SSSR count). The van der Waals surface area contributed by atoms with Gasteiger partial charge in [-0.05, 0) is 0 Å². The second-order valence-electron chi connectivity index (χ2n) is 0.860. The Hall–Kier alpha value is 0.270. The van der Waals surface area contributed by atoms with E-state index in [-0.39, 0.29) is 0 Å². The van der Waals surface area contributed by atoms with Crippen LogP contribution < -0.4 is 10.0 Å². The fourth-order valence-corrected chi connectivity index (χ4v) is 0.765. The molecule has 0 amide bonds. The van der Waals surface area contributed by atoms with Gasteiger partial charge in [-0.2, -0.15) is 0 Å². The molecule has 0 saturated carbocycles. The number of hydrogen-bond donors (Lipinski definition) is 2. The third-order valence-electron chi connectivity index (χ3n) is 0.473. The maximum Gasteiger partial charge on any atom is 0.0576 e. The Morgan fingerprint density at radius 2 is 2.60 bits per heavy atom. The van der Waals surface area contributed by atoms with E-state index in [2.05, 4.69) is 10.0 Å². The molecule has 0 aromatic carbocycles. The number of nitrogens with one attached hydrogen (secondary N) is 2. The average Bonchev–Trinajstić information content (AvgIpc) is 1.76. The van der Waals surface area contributed by atoms with Gasteiger partial charge in [0.15, 0.2) is 0 Å². The molecule has 0 spiro atoms. The summed E-state index contributed by atoms with van der Waals surface area (Å²) in [6.07, 6.45) is 0. The standard InChI is InChI=1S/C2H6N2S/c1-3-2-5-4-1/h3-4H,1-2H2. The monoisotopic (exact) mass is 90.0 g/mol. The molecular weight excluding hydrogens is 84.1 g/mol. The van der Waals surface area contributed by atoms with Crippen molar-refractivity contribution in [3.8, 4) is 0 Å².